The number of halogens is 2. The van der Waals surface area contributed by atoms with Gasteiger partial charge < -0.3 is 10.4 Å². The fourth-order valence-electron chi connectivity index (χ4n) is 1.53. The Morgan fingerprint density at radius 2 is 2.00 bits per heavy atom. The van der Waals surface area contributed by atoms with Crippen molar-refractivity contribution in [1.29, 1.82) is 0 Å². The van der Waals surface area contributed by atoms with Crippen LogP contribution in [0.25, 0.3) is 0 Å². The van der Waals surface area contributed by atoms with Gasteiger partial charge in [0.15, 0.2) is 0 Å². The van der Waals surface area contributed by atoms with Crippen LogP contribution >= 0.6 is 38.5 Å². The maximum Gasteiger partial charge on any atom is 0.339 e. The summed E-state index contributed by atoms with van der Waals surface area (Å²) in [7, 11) is 0. The minimum Gasteiger partial charge on any atom is -0.506 e. The molecule has 0 saturated carbocycles. The average Bonchev–Trinajstić information content (AvgIpc) is 2.45. The molecular formula is C14H11BrIN3O2. The minimum atomic E-state index is -0.457. The van der Waals surface area contributed by atoms with Gasteiger partial charge in [-0.15, -0.1) is 0 Å². The predicted octanol–water partition coefficient (Wildman–Crippen LogP) is 3.91. The van der Waals surface area contributed by atoms with E-state index < -0.39 is 6.03 Å². The molecule has 21 heavy (non-hydrogen) atoms. The number of aromatic hydroxyl groups is 1. The number of carbonyl (C=O) groups excluding carboxylic acids is 1. The molecule has 0 unspecified atom stereocenters. The second-order valence-corrected chi connectivity index (χ2v) is 6.09. The molecule has 0 aliphatic rings. The van der Waals surface area contributed by atoms with E-state index in [0.717, 1.165) is 4.47 Å². The Morgan fingerprint density at radius 1 is 1.29 bits per heavy atom. The molecule has 7 heteroatoms. The molecular weight excluding hydrogens is 449 g/mol. The zero-order valence-electron chi connectivity index (χ0n) is 10.7. The number of carbonyl (C=O) groups is 1. The Balaban J connectivity index is 1.98. The molecule has 0 heterocycles. The first-order chi connectivity index (χ1) is 10.1. The lowest BCUT2D eigenvalue weighted by atomic mass is 10.2. The number of amides is 2. The quantitative estimate of drug-likeness (QED) is 0.370. The fourth-order valence-corrected chi connectivity index (χ4v) is 3.08. The van der Waals surface area contributed by atoms with Gasteiger partial charge in [0.25, 0.3) is 0 Å². The van der Waals surface area contributed by atoms with Gasteiger partial charge in [-0.1, -0.05) is 34.1 Å². The van der Waals surface area contributed by atoms with Gasteiger partial charge in [-0.3, -0.25) is 0 Å². The normalized spacial score (nSPS) is 10.6. The van der Waals surface area contributed by atoms with Crippen LogP contribution in [0.2, 0.25) is 0 Å². The molecule has 0 radical (unpaired) electrons. The number of nitrogens with one attached hydrogen (secondary N) is 2. The Kier molecular flexibility index (Phi) is 5.57. The Labute approximate surface area is 143 Å². The number of hydrogen-bond donors (Lipinski definition) is 3. The van der Waals surface area contributed by atoms with Crippen molar-refractivity contribution in [1.82, 2.24) is 5.43 Å². The van der Waals surface area contributed by atoms with Gasteiger partial charge in [-0.2, -0.15) is 5.10 Å². The lowest BCUT2D eigenvalue weighted by molar-refractivity contribution is 0.252. The summed E-state index contributed by atoms with van der Waals surface area (Å²) in [6, 6.07) is 12.1. The van der Waals surface area contributed by atoms with Crippen LogP contribution in [-0.4, -0.2) is 17.4 Å². The Hall–Kier alpha value is -1.61. The first-order valence-electron chi connectivity index (χ1n) is 5.89. The number of rotatable bonds is 3. The molecule has 0 aliphatic carbocycles. The van der Waals surface area contributed by atoms with Crippen LogP contribution in [0.3, 0.4) is 0 Å². The van der Waals surface area contributed by atoms with E-state index in [1.54, 1.807) is 24.3 Å². The Morgan fingerprint density at radius 3 is 2.71 bits per heavy atom. The summed E-state index contributed by atoms with van der Waals surface area (Å²) in [5.74, 6) is 0.118. The molecule has 0 aromatic heterocycles. The summed E-state index contributed by atoms with van der Waals surface area (Å²) in [5.41, 5.74) is 3.52. The molecule has 2 rings (SSSR count). The van der Waals surface area contributed by atoms with E-state index in [2.05, 4.69) is 31.8 Å². The monoisotopic (exact) mass is 459 g/mol. The van der Waals surface area contributed by atoms with Gasteiger partial charge in [0.1, 0.15) is 5.75 Å². The van der Waals surface area contributed by atoms with Crippen molar-refractivity contribution in [2.45, 2.75) is 0 Å². The van der Waals surface area contributed by atoms with Crippen molar-refractivity contribution in [3.05, 3.63) is 56.1 Å². The van der Waals surface area contributed by atoms with Gasteiger partial charge >= 0.3 is 6.03 Å². The molecule has 0 saturated heterocycles. The molecule has 3 N–H and O–H groups in total. The highest BCUT2D eigenvalue weighted by molar-refractivity contribution is 14.1. The van der Waals surface area contributed by atoms with E-state index in [1.165, 1.54) is 6.21 Å². The SMILES string of the molecule is O=C(N/N=C/c1cc(Br)cc(I)c1O)Nc1ccccc1. The van der Waals surface area contributed by atoms with E-state index in [4.69, 9.17) is 0 Å². The molecule has 2 amide bonds. The van der Waals surface area contributed by atoms with Gasteiger partial charge in [0.2, 0.25) is 0 Å². The number of hydrogen-bond acceptors (Lipinski definition) is 3. The van der Waals surface area contributed by atoms with Gasteiger partial charge in [-0.05, 0) is 46.9 Å². The van der Waals surface area contributed by atoms with Crippen LogP contribution in [-0.2, 0) is 0 Å². The van der Waals surface area contributed by atoms with Crippen LogP contribution in [0.5, 0.6) is 5.75 Å². The number of nitrogens with zero attached hydrogens (tertiary/aromatic N) is 1. The lowest BCUT2D eigenvalue weighted by Gasteiger charge is -2.04. The second kappa shape index (κ2) is 7.41. The van der Waals surface area contributed by atoms with Crippen molar-refractivity contribution in [2.75, 3.05) is 5.32 Å². The number of para-hydroxylation sites is 1. The molecule has 0 bridgehead atoms. The van der Waals surface area contributed by atoms with Crippen molar-refractivity contribution >= 4 is 56.5 Å². The first-order valence-corrected chi connectivity index (χ1v) is 7.76. The number of phenols is 1. The summed E-state index contributed by atoms with van der Waals surface area (Å²) in [6.45, 7) is 0. The smallest absolute Gasteiger partial charge is 0.339 e. The van der Waals surface area contributed by atoms with Crippen LogP contribution in [0.15, 0.2) is 52.0 Å². The summed E-state index contributed by atoms with van der Waals surface area (Å²) < 4.78 is 1.51. The molecule has 2 aromatic rings. The first kappa shape index (κ1) is 15.8. The molecule has 0 aliphatic heterocycles. The fraction of sp³-hybridized carbons (Fsp3) is 0. The van der Waals surface area contributed by atoms with Gasteiger partial charge in [0.05, 0.1) is 9.78 Å². The van der Waals surface area contributed by atoms with Crippen molar-refractivity contribution in [2.24, 2.45) is 5.10 Å². The van der Waals surface area contributed by atoms with Crippen LogP contribution < -0.4 is 10.7 Å². The van der Waals surface area contributed by atoms with E-state index in [0.29, 0.717) is 14.8 Å². The molecule has 0 atom stereocenters. The standard InChI is InChI=1S/C14H11BrIN3O2/c15-10-6-9(13(20)12(16)7-10)8-17-19-14(21)18-11-4-2-1-3-5-11/h1-8,20H,(H2,18,19,21)/b17-8+. The Bertz CT molecular complexity index is 677. The van der Waals surface area contributed by atoms with Crippen LogP contribution in [0.4, 0.5) is 10.5 Å². The number of benzene rings is 2. The van der Waals surface area contributed by atoms with Crippen molar-refractivity contribution in [3.63, 3.8) is 0 Å². The number of urea groups is 1. The maximum atomic E-state index is 11.6. The zero-order valence-corrected chi connectivity index (χ0v) is 14.4. The third-order valence-corrected chi connectivity index (χ3v) is 3.74. The third kappa shape index (κ3) is 4.71. The van der Waals surface area contributed by atoms with Crippen molar-refractivity contribution < 1.29 is 9.90 Å². The molecule has 0 spiro atoms. The van der Waals surface area contributed by atoms with Crippen molar-refractivity contribution in [3.8, 4) is 5.75 Å². The summed E-state index contributed by atoms with van der Waals surface area (Å²) >= 11 is 5.35. The highest BCUT2D eigenvalue weighted by Gasteiger charge is 2.05. The maximum absolute atomic E-state index is 11.6. The molecule has 0 fully saturated rings. The van der Waals surface area contributed by atoms with E-state index in [1.807, 2.05) is 40.8 Å². The predicted molar refractivity (Wildman–Crippen MR) is 94.7 cm³/mol. The number of phenolic OH excluding ortho intramolecular Hbond substituents is 1. The van der Waals surface area contributed by atoms with E-state index in [9.17, 15) is 9.90 Å². The van der Waals surface area contributed by atoms with E-state index >= 15 is 0 Å². The average molecular weight is 460 g/mol. The highest BCUT2D eigenvalue weighted by Crippen LogP contribution is 2.27. The summed E-state index contributed by atoms with van der Waals surface area (Å²) in [4.78, 5) is 11.6. The van der Waals surface area contributed by atoms with Crippen LogP contribution in [0, 0.1) is 3.57 Å². The van der Waals surface area contributed by atoms with Gasteiger partial charge in [0, 0.05) is 15.7 Å². The highest BCUT2D eigenvalue weighted by atomic mass is 127. The molecule has 5 nitrogen and oxygen atoms in total. The topological polar surface area (TPSA) is 73.7 Å². The molecule has 2 aromatic carbocycles. The largest absolute Gasteiger partial charge is 0.506 e. The number of hydrazone groups is 1. The second-order valence-electron chi connectivity index (χ2n) is 4.02. The molecule has 108 valence electrons. The van der Waals surface area contributed by atoms with Crippen LogP contribution in [0.1, 0.15) is 5.56 Å². The summed E-state index contributed by atoms with van der Waals surface area (Å²) in [6.07, 6.45) is 1.38. The third-order valence-electron chi connectivity index (χ3n) is 2.46. The lowest BCUT2D eigenvalue weighted by Crippen LogP contribution is -2.24. The number of anilines is 1. The van der Waals surface area contributed by atoms with Gasteiger partial charge in [-0.25, -0.2) is 10.2 Å². The summed E-state index contributed by atoms with van der Waals surface area (Å²) in [5, 5.41) is 16.3. The zero-order chi connectivity index (χ0) is 15.2. The van der Waals surface area contributed by atoms with E-state index in [-0.39, 0.29) is 5.75 Å². The minimum absolute atomic E-state index is 0.118.